The molecule has 140 valence electrons. The first-order valence-electron chi connectivity index (χ1n) is 7.96. The van der Waals surface area contributed by atoms with Gasteiger partial charge in [0.25, 0.3) is 0 Å². The van der Waals surface area contributed by atoms with E-state index in [1.54, 1.807) is 31.4 Å². The third-order valence-corrected chi connectivity index (χ3v) is 4.72. The van der Waals surface area contributed by atoms with E-state index in [1.807, 2.05) is 0 Å². The summed E-state index contributed by atoms with van der Waals surface area (Å²) >= 11 is 1.15. The highest BCUT2D eigenvalue weighted by Crippen LogP contribution is 2.24. The van der Waals surface area contributed by atoms with Gasteiger partial charge in [-0.25, -0.2) is 18.2 Å². The Bertz CT molecular complexity index is 958. The largest absolute Gasteiger partial charge is 0.497 e. The quantitative estimate of drug-likeness (QED) is 0.635. The lowest BCUT2D eigenvalue weighted by Crippen LogP contribution is -2.14. The minimum Gasteiger partial charge on any atom is -0.497 e. The Balaban J connectivity index is 1.62. The number of hydrogen-bond donors (Lipinski definition) is 1. The maximum Gasteiger partial charge on any atom is 0.230 e. The molecule has 0 unspecified atom stereocenters. The summed E-state index contributed by atoms with van der Waals surface area (Å²) in [6, 6.07) is 9.18. The van der Waals surface area contributed by atoms with Gasteiger partial charge < -0.3 is 10.1 Å². The molecule has 0 atom stereocenters. The summed E-state index contributed by atoms with van der Waals surface area (Å²) < 4.78 is 45.1. The minimum atomic E-state index is -1.50. The molecule has 1 N–H and O–H groups in total. The lowest BCUT2D eigenvalue weighted by molar-refractivity contribution is -0.115. The Morgan fingerprint density at radius 2 is 1.85 bits per heavy atom. The number of methoxy groups -OCH3 is 1. The molecular weight excluding hydrogens is 377 g/mol. The van der Waals surface area contributed by atoms with Crippen molar-refractivity contribution in [2.75, 3.05) is 12.4 Å². The molecule has 0 saturated carbocycles. The standard InChI is InChI=1S/C19H15F3N2O2S/c1-26-13-5-2-11(3-6-13)8-16(25)24-19-23-10-14(27-19)9-12-4-7-15(20)18(22)17(12)21/h2-7,10H,8-9H2,1H3,(H,23,24,25). The first kappa shape index (κ1) is 18.9. The van der Waals surface area contributed by atoms with Crippen molar-refractivity contribution in [3.05, 3.63) is 76.1 Å². The lowest BCUT2D eigenvalue weighted by Gasteiger charge is -2.04. The number of amides is 1. The van der Waals surface area contributed by atoms with Crippen molar-refractivity contribution < 1.29 is 22.7 Å². The van der Waals surface area contributed by atoms with Crippen LogP contribution in [0.4, 0.5) is 18.3 Å². The molecule has 27 heavy (non-hydrogen) atoms. The van der Waals surface area contributed by atoms with Gasteiger partial charge in [0, 0.05) is 17.5 Å². The SMILES string of the molecule is COc1ccc(CC(=O)Nc2ncc(Cc3ccc(F)c(F)c3F)s2)cc1. The number of carbonyl (C=O) groups is 1. The Morgan fingerprint density at radius 3 is 2.56 bits per heavy atom. The zero-order chi connectivity index (χ0) is 19.4. The fourth-order valence-corrected chi connectivity index (χ4v) is 3.28. The molecule has 4 nitrogen and oxygen atoms in total. The van der Waals surface area contributed by atoms with E-state index in [9.17, 15) is 18.0 Å². The molecule has 0 saturated heterocycles. The number of carbonyl (C=O) groups excluding carboxylic acids is 1. The monoisotopic (exact) mass is 392 g/mol. The molecular formula is C19H15F3N2O2S. The number of nitrogens with one attached hydrogen (secondary N) is 1. The second-order valence-corrected chi connectivity index (χ2v) is 6.83. The molecule has 0 aliphatic carbocycles. The van der Waals surface area contributed by atoms with Crippen LogP contribution in [0, 0.1) is 17.5 Å². The van der Waals surface area contributed by atoms with Crippen molar-refractivity contribution in [3.63, 3.8) is 0 Å². The highest BCUT2D eigenvalue weighted by atomic mass is 32.1. The summed E-state index contributed by atoms with van der Waals surface area (Å²) in [5, 5.41) is 3.02. The number of thiazole rings is 1. The summed E-state index contributed by atoms with van der Waals surface area (Å²) in [5.74, 6) is -3.49. The fraction of sp³-hybridized carbons (Fsp3) is 0.158. The summed E-state index contributed by atoms with van der Waals surface area (Å²) in [6.45, 7) is 0. The second kappa shape index (κ2) is 8.22. The second-order valence-electron chi connectivity index (χ2n) is 5.72. The van der Waals surface area contributed by atoms with Crippen LogP contribution in [0.15, 0.2) is 42.6 Å². The number of halogens is 3. The summed E-state index contributed by atoms with van der Waals surface area (Å²) in [5.41, 5.74) is 0.836. The van der Waals surface area contributed by atoms with E-state index in [2.05, 4.69) is 10.3 Å². The Labute approximate surface area is 157 Å². The van der Waals surface area contributed by atoms with Crippen LogP contribution < -0.4 is 10.1 Å². The van der Waals surface area contributed by atoms with Gasteiger partial charge >= 0.3 is 0 Å². The number of aromatic nitrogens is 1. The molecule has 0 spiro atoms. The van der Waals surface area contributed by atoms with E-state index >= 15 is 0 Å². The van der Waals surface area contributed by atoms with E-state index in [4.69, 9.17) is 4.74 Å². The van der Waals surface area contributed by atoms with Gasteiger partial charge in [-0.05, 0) is 29.3 Å². The molecule has 1 aromatic heterocycles. The topological polar surface area (TPSA) is 51.2 Å². The van der Waals surface area contributed by atoms with Crippen LogP contribution in [-0.2, 0) is 17.6 Å². The minimum absolute atomic E-state index is 0.0219. The molecule has 3 rings (SSSR count). The first-order valence-corrected chi connectivity index (χ1v) is 8.77. The van der Waals surface area contributed by atoms with Crippen molar-refractivity contribution >= 4 is 22.4 Å². The average molecular weight is 392 g/mol. The molecule has 0 radical (unpaired) electrons. The number of rotatable bonds is 6. The van der Waals surface area contributed by atoms with Gasteiger partial charge in [-0.2, -0.15) is 0 Å². The van der Waals surface area contributed by atoms with Crippen LogP contribution in [0.1, 0.15) is 16.0 Å². The van der Waals surface area contributed by atoms with Gasteiger partial charge in [-0.1, -0.05) is 18.2 Å². The van der Waals surface area contributed by atoms with Crippen LogP contribution in [0.3, 0.4) is 0 Å². The summed E-state index contributed by atoms with van der Waals surface area (Å²) in [6.07, 6.45) is 1.68. The predicted molar refractivity (Wildman–Crippen MR) is 96.6 cm³/mol. The highest BCUT2D eigenvalue weighted by Gasteiger charge is 2.15. The molecule has 2 aromatic carbocycles. The van der Waals surface area contributed by atoms with Crippen molar-refractivity contribution in [2.24, 2.45) is 0 Å². The van der Waals surface area contributed by atoms with E-state index < -0.39 is 17.5 Å². The zero-order valence-electron chi connectivity index (χ0n) is 14.3. The molecule has 1 heterocycles. The van der Waals surface area contributed by atoms with Crippen LogP contribution >= 0.6 is 11.3 Å². The van der Waals surface area contributed by atoms with Gasteiger partial charge in [0.15, 0.2) is 22.6 Å². The Kier molecular flexibility index (Phi) is 5.75. The third kappa shape index (κ3) is 4.65. The fourth-order valence-electron chi connectivity index (χ4n) is 2.43. The number of nitrogens with zero attached hydrogens (tertiary/aromatic N) is 1. The Morgan fingerprint density at radius 1 is 1.11 bits per heavy atom. The number of benzene rings is 2. The zero-order valence-corrected chi connectivity index (χ0v) is 15.1. The maximum absolute atomic E-state index is 13.8. The predicted octanol–water partition coefficient (Wildman–Crippen LogP) is 4.34. The third-order valence-electron chi connectivity index (χ3n) is 3.80. The number of ether oxygens (including phenoxy) is 1. The van der Waals surface area contributed by atoms with Gasteiger partial charge in [0.1, 0.15) is 5.75 Å². The molecule has 3 aromatic rings. The molecule has 0 aliphatic rings. The van der Waals surface area contributed by atoms with Crippen molar-refractivity contribution in [1.29, 1.82) is 0 Å². The van der Waals surface area contributed by atoms with Crippen molar-refractivity contribution in [1.82, 2.24) is 4.98 Å². The molecule has 1 amide bonds. The first-order chi connectivity index (χ1) is 13.0. The van der Waals surface area contributed by atoms with E-state index in [0.717, 1.165) is 23.0 Å². The normalized spacial score (nSPS) is 10.7. The number of anilines is 1. The van der Waals surface area contributed by atoms with Crippen LogP contribution in [0.2, 0.25) is 0 Å². The molecule has 0 aliphatic heterocycles. The summed E-state index contributed by atoms with van der Waals surface area (Å²) in [7, 11) is 1.56. The summed E-state index contributed by atoms with van der Waals surface area (Å²) in [4.78, 5) is 16.8. The van der Waals surface area contributed by atoms with Crippen LogP contribution in [0.25, 0.3) is 0 Å². The van der Waals surface area contributed by atoms with E-state index in [1.165, 1.54) is 12.3 Å². The van der Waals surface area contributed by atoms with Crippen LogP contribution in [0.5, 0.6) is 5.75 Å². The number of hydrogen-bond acceptors (Lipinski definition) is 4. The lowest BCUT2D eigenvalue weighted by atomic mass is 10.1. The van der Waals surface area contributed by atoms with Gasteiger partial charge in [-0.3, -0.25) is 4.79 Å². The average Bonchev–Trinajstić information content (AvgIpc) is 3.09. The van der Waals surface area contributed by atoms with Crippen molar-refractivity contribution in [2.45, 2.75) is 12.8 Å². The maximum atomic E-state index is 13.8. The molecule has 0 bridgehead atoms. The van der Waals surface area contributed by atoms with Crippen LogP contribution in [-0.4, -0.2) is 18.0 Å². The highest BCUT2D eigenvalue weighted by molar-refractivity contribution is 7.15. The van der Waals surface area contributed by atoms with E-state index in [-0.39, 0.29) is 24.3 Å². The van der Waals surface area contributed by atoms with Gasteiger partial charge in [0.2, 0.25) is 5.91 Å². The van der Waals surface area contributed by atoms with Gasteiger partial charge in [0.05, 0.1) is 13.5 Å². The Hall–Kier alpha value is -2.87. The molecule has 8 heteroatoms. The smallest absolute Gasteiger partial charge is 0.230 e. The molecule has 0 fully saturated rings. The van der Waals surface area contributed by atoms with E-state index in [0.29, 0.717) is 15.8 Å². The van der Waals surface area contributed by atoms with Crippen molar-refractivity contribution in [3.8, 4) is 5.75 Å². The van der Waals surface area contributed by atoms with Gasteiger partial charge in [-0.15, -0.1) is 11.3 Å².